The van der Waals surface area contributed by atoms with Crippen molar-refractivity contribution in [2.75, 3.05) is 37.7 Å². The largest absolute Gasteiger partial charge is 0.476 e. The van der Waals surface area contributed by atoms with Gasteiger partial charge in [-0.05, 0) is 24.3 Å². The van der Waals surface area contributed by atoms with Crippen molar-refractivity contribution in [3.63, 3.8) is 0 Å². The molecule has 2 aliphatic heterocycles. The van der Waals surface area contributed by atoms with Gasteiger partial charge in [-0.15, -0.1) is 0 Å². The molecule has 2 heterocycles. The number of morpholine rings is 1. The van der Waals surface area contributed by atoms with Gasteiger partial charge in [-0.25, -0.2) is 4.39 Å². The number of ether oxygens (including phenoxy) is 2. The minimum absolute atomic E-state index is 0.0212. The molecule has 1 unspecified atom stereocenters. The lowest BCUT2D eigenvalue weighted by molar-refractivity contribution is -0.142. The Morgan fingerprint density at radius 1 is 1.07 bits per heavy atom. The van der Waals surface area contributed by atoms with Crippen molar-refractivity contribution in [2.24, 2.45) is 0 Å². The lowest BCUT2D eigenvalue weighted by Crippen LogP contribution is -2.54. The first-order chi connectivity index (χ1) is 14.0. The first-order valence-corrected chi connectivity index (χ1v) is 9.80. The summed E-state index contributed by atoms with van der Waals surface area (Å²) in [6.45, 7) is 1.81. The quantitative estimate of drug-likeness (QED) is 0.674. The highest BCUT2D eigenvalue weighted by molar-refractivity contribution is 6.37. The smallest absolute Gasteiger partial charge is 0.265 e. The van der Waals surface area contributed by atoms with E-state index in [1.807, 2.05) is 0 Å². The van der Waals surface area contributed by atoms with Crippen LogP contribution in [0.3, 0.4) is 0 Å². The average molecular weight is 439 g/mol. The molecule has 0 N–H and O–H groups in total. The number of halogens is 3. The molecule has 1 saturated heterocycles. The second-order valence-corrected chi connectivity index (χ2v) is 7.49. The fraction of sp³-hybridized carbons (Fsp3) is 0.300. The number of hydrogen-bond donors (Lipinski definition) is 0. The first kappa shape index (κ1) is 19.9. The van der Waals surface area contributed by atoms with Crippen molar-refractivity contribution in [1.82, 2.24) is 4.90 Å². The molecule has 4 rings (SSSR count). The predicted molar refractivity (Wildman–Crippen MR) is 106 cm³/mol. The number of carbonyl (C=O) groups is 2. The number of para-hydroxylation sites is 2. The van der Waals surface area contributed by atoms with Gasteiger partial charge < -0.3 is 19.3 Å². The fourth-order valence-electron chi connectivity index (χ4n) is 3.37. The van der Waals surface area contributed by atoms with Crippen LogP contribution >= 0.6 is 23.2 Å². The lowest BCUT2D eigenvalue weighted by atomic mass is 10.1. The molecule has 0 aromatic heterocycles. The zero-order valence-corrected chi connectivity index (χ0v) is 16.8. The van der Waals surface area contributed by atoms with Gasteiger partial charge in [-0.2, -0.15) is 0 Å². The maximum absolute atomic E-state index is 14.0. The maximum atomic E-state index is 14.0. The second kappa shape index (κ2) is 8.18. The molecule has 152 valence electrons. The highest BCUT2D eigenvalue weighted by Crippen LogP contribution is 2.36. The zero-order chi connectivity index (χ0) is 20.5. The monoisotopic (exact) mass is 438 g/mol. The van der Waals surface area contributed by atoms with Gasteiger partial charge in [0.15, 0.2) is 6.10 Å². The Morgan fingerprint density at radius 3 is 2.55 bits per heavy atom. The molecule has 2 aromatic carbocycles. The van der Waals surface area contributed by atoms with Crippen LogP contribution in [0, 0.1) is 5.82 Å². The lowest BCUT2D eigenvalue weighted by Gasteiger charge is -2.37. The molecular weight excluding hydrogens is 422 g/mol. The zero-order valence-electron chi connectivity index (χ0n) is 15.2. The third kappa shape index (κ3) is 3.90. The van der Waals surface area contributed by atoms with Crippen LogP contribution in [0.5, 0.6) is 5.75 Å². The van der Waals surface area contributed by atoms with E-state index in [1.165, 1.54) is 11.0 Å². The molecule has 0 saturated carbocycles. The molecule has 1 fully saturated rings. The Hall–Kier alpha value is -2.35. The van der Waals surface area contributed by atoms with Gasteiger partial charge in [0, 0.05) is 13.1 Å². The number of benzene rings is 2. The van der Waals surface area contributed by atoms with Crippen molar-refractivity contribution in [3.8, 4) is 5.75 Å². The topological polar surface area (TPSA) is 59.1 Å². The minimum atomic E-state index is -0.886. The minimum Gasteiger partial charge on any atom is -0.476 e. The van der Waals surface area contributed by atoms with Crippen LogP contribution < -0.4 is 9.64 Å². The highest BCUT2D eigenvalue weighted by Gasteiger charge is 2.37. The number of amides is 2. The van der Waals surface area contributed by atoms with Crippen LogP contribution in [0.2, 0.25) is 10.0 Å². The molecule has 2 aliphatic rings. The molecule has 9 heteroatoms. The van der Waals surface area contributed by atoms with Gasteiger partial charge >= 0.3 is 0 Å². The molecule has 2 aromatic rings. The van der Waals surface area contributed by atoms with Crippen LogP contribution in [0.25, 0.3) is 0 Å². The normalized spacial score (nSPS) is 18.8. The van der Waals surface area contributed by atoms with Crippen LogP contribution in [-0.4, -0.2) is 55.7 Å². The molecule has 29 heavy (non-hydrogen) atoms. The van der Waals surface area contributed by atoms with Gasteiger partial charge in [0.25, 0.3) is 11.8 Å². The Balaban J connectivity index is 1.67. The standard InChI is InChI=1S/C20H17Cl2FN2O4/c21-13-10-14(22)15(23)9-12(13)19(26)25-11-18(20(27)24-5-7-28-8-6-24)29-17-4-2-1-3-16(17)25/h1-4,9-10,18H,5-8,11H2. The summed E-state index contributed by atoms with van der Waals surface area (Å²) in [4.78, 5) is 29.2. The van der Waals surface area contributed by atoms with Crippen molar-refractivity contribution in [3.05, 3.63) is 57.8 Å². The molecular formula is C20H17Cl2FN2O4. The predicted octanol–water partition coefficient (Wildman–Crippen LogP) is 3.40. The summed E-state index contributed by atoms with van der Waals surface area (Å²) in [6, 6.07) is 9.06. The van der Waals surface area contributed by atoms with Crippen LogP contribution in [0.15, 0.2) is 36.4 Å². The third-order valence-electron chi connectivity index (χ3n) is 4.86. The van der Waals surface area contributed by atoms with Gasteiger partial charge in [0.2, 0.25) is 0 Å². The number of fused-ring (bicyclic) bond motifs is 1. The van der Waals surface area contributed by atoms with Gasteiger partial charge in [-0.1, -0.05) is 35.3 Å². The van der Waals surface area contributed by atoms with E-state index in [9.17, 15) is 14.0 Å². The van der Waals surface area contributed by atoms with Crippen molar-refractivity contribution in [2.45, 2.75) is 6.10 Å². The first-order valence-electron chi connectivity index (χ1n) is 9.04. The summed E-state index contributed by atoms with van der Waals surface area (Å²) in [7, 11) is 0. The van der Waals surface area contributed by atoms with Crippen molar-refractivity contribution >= 4 is 40.7 Å². The number of carbonyl (C=O) groups excluding carboxylic acids is 2. The molecule has 2 amide bonds. The van der Waals surface area contributed by atoms with Crippen LogP contribution in [-0.2, 0) is 9.53 Å². The Bertz CT molecular complexity index is 965. The molecule has 6 nitrogen and oxygen atoms in total. The maximum Gasteiger partial charge on any atom is 0.265 e. The highest BCUT2D eigenvalue weighted by atomic mass is 35.5. The summed E-state index contributed by atoms with van der Waals surface area (Å²) >= 11 is 11.9. The molecule has 1 atom stereocenters. The van der Waals surface area contributed by atoms with E-state index in [1.54, 1.807) is 29.2 Å². The van der Waals surface area contributed by atoms with Crippen LogP contribution in [0.4, 0.5) is 10.1 Å². The molecule has 0 bridgehead atoms. The molecule has 0 spiro atoms. The van der Waals surface area contributed by atoms with Crippen molar-refractivity contribution < 1.29 is 23.5 Å². The number of nitrogens with zero attached hydrogens (tertiary/aromatic N) is 2. The van der Waals surface area contributed by atoms with E-state index in [4.69, 9.17) is 32.7 Å². The summed E-state index contributed by atoms with van der Waals surface area (Å²) in [5, 5.41) is -0.143. The average Bonchev–Trinajstić information content (AvgIpc) is 2.75. The van der Waals surface area contributed by atoms with E-state index in [0.29, 0.717) is 37.7 Å². The summed E-state index contributed by atoms with van der Waals surface area (Å²) in [5.74, 6) is -1.12. The van der Waals surface area contributed by atoms with E-state index in [0.717, 1.165) is 6.07 Å². The number of hydrogen-bond acceptors (Lipinski definition) is 4. The van der Waals surface area contributed by atoms with Gasteiger partial charge in [-0.3, -0.25) is 9.59 Å². The summed E-state index contributed by atoms with van der Waals surface area (Å²) in [6.07, 6.45) is -0.886. The fourth-order valence-corrected chi connectivity index (χ4v) is 3.84. The molecule has 0 aliphatic carbocycles. The summed E-state index contributed by atoms with van der Waals surface area (Å²) in [5.41, 5.74) is 0.442. The van der Waals surface area contributed by atoms with E-state index in [2.05, 4.69) is 0 Å². The molecule has 0 radical (unpaired) electrons. The number of rotatable bonds is 2. The van der Waals surface area contributed by atoms with E-state index in [-0.39, 0.29) is 28.1 Å². The Labute approximate surface area is 176 Å². The third-order valence-corrected chi connectivity index (χ3v) is 5.46. The van der Waals surface area contributed by atoms with E-state index < -0.39 is 17.8 Å². The van der Waals surface area contributed by atoms with E-state index >= 15 is 0 Å². The van der Waals surface area contributed by atoms with Gasteiger partial charge in [0.05, 0.1) is 41.1 Å². The van der Waals surface area contributed by atoms with Crippen molar-refractivity contribution in [1.29, 1.82) is 0 Å². The number of anilines is 1. The second-order valence-electron chi connectivity index (χ2n) is 6.67. The SMILES string of the molecule is O=C(C1CN(C(=O)c2cc(F)c(Cl)cc2Cl)c2ccccc2O1)N1CCOCC1. The van der Waals surface area contributed by atoms with Gasteiger partial charge in [0.1, 0.15) is 11.6 Å². The summed E-state index contributed by atoms with van der Waals surface area (Å²) < 4.78 is 25.1. The Kier molecular flexibility index (Phi) is 5.63. The Morgan fingerprint density at radius 2 is 1.79 bits per heavy atom. The van der Waals surface area contributed by atoms with Crippen LogP contribution in [0.1, 0.15) is 10.4 Å².